The molecule has 0 radical (unpaired) electrons. The molecular weight excluding hydrogens is 232 g/mol. The summed E-state index contributed by atoms with van der Waals surface area (Å²) in [4.78, 5) is 24.5. The van der Waals surface area contributed by atoms with Crippen LogP contribution in [0.25, 0.3) is 0 Å². The zero-order valence-electron chi connectivity index (χ0n) is 11.1. The standard InChI is InChI=1S/C13H24N2O3/c1-2-3-6-11(14)13(18)15-7-4-5-10(9-15)8-12(16)17/h10-11H,2-9,14H2,1H3,(H,16,17). The van der Waals surface area contributed by atoms with Crippen molar-refractivity contribution in [3.05, 3.63) is 0 Å². The number of amides is 1. The number of carbonyl (C=O) groups excluding carboxylic acids is 1. The monoisotopic (exact) mass is 256 g/mol. The van der Waals surface area contributed by atoms with Gasteiger partial charge in [0.25, 0.3) is 0 Å². The van der Waals surface area contributed by atoms with Gasteiger partial charge in [0.05, 0.1) is 6.04 Å². The van der Waals surface area contributed by atoms with E-state index in [1.165, 1.54) is 0 Å². The fraction of sp³-hybridized carbons (Fsp3) is 0.846. The maximum absolute atomic E-state index is 12.1. The van der Waals surface area contributed by atoms with E-state index in [2.05, 4.69) is 6.92 Å². The molecule has 0 aromatic heterocycles. The van der Waals surface area contributed by atoms with Crippen LogP contribution < -0.4 is 5.73 Å². The first-order valence-electron chi connectivity index (χ1n) is 6.80. The third-order valence-electron chi connectivity index (χ3n) is 3.48. The molecule has 0 bridgehead atoms. The summed E-state index contributed by atoms with van der Waals surface area (Å²) >= 11 is 0. The second kappa shape index (κ2) is 7.36. The van der Waals surface area contributed by atoms with Crippen molar-refractivity contribution in [2.24, 2.45) is 11.7 Å². The van der Waals surface area contributed by atoms with Gasteiger partial charge in [-0.2, -0.15) is 0 Å². The van der Waals surface area contributed by atoms with Crippen molar-refractivity contribution in [3.8, 4) is 0 Å². The van der Waals surface area contributed by atoms with Crippen LogP contribution in [0, 0.1) is 5.92 Å². The van der Waals surface area contributed by atoms with E-state index in [1.54, 1.807) is 4.90 Å². The fourth-order valence-electron chi connectivity index (χ4n) is 2.46. The van der Waals surface area contributed by atoms with Crippen molar-refractivity contribution in [2.45, 2.75) is 51.5 Å². The van der Waals surface area contributed by atoms with Gasteiger partial charge in [-0.05, 0) is 25.2 Å². The highest BCUT2D eigenvalue weighted by Crippen LogP contribution is 2.20. The third kappa shape index (κ3) is 4.64. The van der Waals surface area contributed by atoms with Gasteiger partial charge >= 0.3 is 5.97 Å². The molecule has 1 fully saturated rings. The van der Waals surface area contributed by atoms with Gasteiger partial charge in [-0.3, -0.25) is 9.59 Å². The Morgan fingerprint density at radius 2 is 2.22 bits per heavy atom. The van der Waals surface area contributed by atoms with Crippen molar-refractivity contribution in [2.75, 3.05) is 13.1 Å². The largest absolute Gasteiger partial charge is 0.481 e. The number of carboxylic acid groups (broad SMARTS) is 1. The number of rotatable bonds is 6. The molecule has 1 saturated heterocycles. The van der Waals surface area contributed by atoms with Crippen molar-refractivity contribution in [1.29, 1.82) is 0 Å². The zero-order valence-corrected chi connectivity index (χ0v) is 11.1. The summed E-state index contributed by atoms with van der Waals surface area (Å²) in [6, 6.07) is -0.423. The van der Waals surface area contributed by atoms with Gasteiger partial charge in [0, 0.05) is 19.5 Å². The molecule has 0 aromatic rings. The van der Waals surface area contributed by atoms with Crippen LogP contribution in [0.1, 0.15) is 45.4 Å². The minimum atomic E-state index is -0.787. The second-order valence-electron chi connectivity index (χ2n) is 5.14. The summed E-state index contributed by atoms with van der Waals surface area (Å²) in [7, 11) is 0. The maximum atomic E-state index is 12.1. The van der Waals surface area contributed by atoms with Crippen molar-refractivity contribution in [1.82, 2.24) is 4.90 Å². The fourth-order valence-corrected chi connectivity index (χ4v) is 2.46. The normalized spacial score (nSPS) is 21.7. The van der Waals surface area contributed by atoms with E-state index in [0.29, 0.717) is 6.54 Å². The van der Waals surface area contributed by atoms with Crippen LogP contribution in [-0.4, -0.2) is 41.0 Å². The summed E-state index contributed by atoms with van der Waals surface area (Å²) in [6.07, 6.45) is 4.62. The van der Waals surface area contributed by atoms with E-state index in [-0.39, 0.29) is 18.2 Å². The molecule has 1 heterocycles. The third-order valence-corrected chi connectivity index (χ3v) is 3.48. The molecule has 1 amide bonds. The van der Waals surface area contributed by atoms with Crippen LogP contribution in [-0.2, 0) is 9.59 Å². The molecule has 1 rings (SSSR count). The molecule has 104 valence electrons. The number of carboxylic acids is 1. The van der Waals surface area contributed by atoms with Crippen LogP contribution in [0.15, 0.2) is 0 Å². The highest BCUT2D eigenvalue weighted by molar-refractivity contribution is 5.81. The van der Waals surface area contributed by atoms with Gasteiger partial charge in [0.15, 0.2) is 0 Å². The van der Waals surface area contributed by atoms with Gasteiger partial charge < -0.3 is 15.7 Å². The molecule has 5 nitrogen and oxygen atoms in total. The van der Waals surface area contributed by atoms with Gasteiger partial charge in [-0.1, -0.05) is 19.8 Å². The van der Waals surface area contributed by atoms with Gasteiger partial charge in [0.2, 0.25) is 5.91 Å². The Balaban J connectivity index is 2.44. The SMILES string of the molecule is CCCCC(N)C(=O)N1CCCC(CC(=O)O)C1. The van der Waals surface area contributed by atoms with Crippen LogP contribution in [0.4, 0.5) is 0 Å². The Bertz CT molecular complexity index is 294. The van der Waals surface area contributed by atoms with Crippen molar-refractivity contribution < 1.29 is 14.7 Å². The molecule has 2 unspecified atom stereocenters. The number of hydrogen-bond donors (Lipinski definition) is 2. The predicted octanol–water partition coefficient (Wildman–Crippen LogP) is 1.22. The summed E-state index contributed by atoms with van der Waals surface area (Å²) < 4.78 is 0. The molecule has 1 aliphatic rings. The Kier molecular flexibility index (Phi) is 6.12. The highest BCUT2D eigenvalue weighted by Gasteiger charge is 2.27. The number of piperidine rings is 1. The molecule has 0 aliphatic carbocycles. The number of unbranched alkanes of at least 4 members (excludes halogenated alkanes) is 1. The van der Waals surface area contributed by atoms with Crippen molar-refractivity contribution >= 4 is 11.9 Å². The summed E-state index contributed by atoms with van der Waals surface area (Å²) in [5.41, 5.74) is 5.87. The lowest BCUT2D eigenvalue weighted by atomic mass is 9.94. The topological polar surface area (TPSA) is 83.6 Å². The van der Waals surface area contributed by atoms with E-state index < -0.39 is 12.0 Å². The lowest BCUT2D eigenvalue weighted by Gasteiger charge is -2.33. The first-order chi connectivity index (χ1) is 8.54. The number of aliphatic carboxylic acids is 1. The molecule has 1 aliphatic heterocycles. The number of carbonyl (C=O) groups is 2. The zero-order chi connectivity index (χ0) is 13.5. The molecule has 0 aromatic carbocycles. The molecule has 3 N–H and O–H groups in total. The van der Waals surface area contributed by atoms with E-state index in [0.717, 1.165) is 38.6 Å². The molecule has 0 saturated carbocycles. The molecular formula is C13H24N2O3. The molecule has 2 atom stereocenters. The summed E-state index contributed by atoms with van der Waals surface area (Å²) in [5, 5.41) is 8.79. The number of hydrogen-bond acceptors (Lipinski definition) is 3. The summed E-state index contributed by atoms with van der Waals surface area (Å²) in [6.45, 7) is 3.33. The quantitative estimate of drug-likeness (QED) is 0.748. The Hall–Kier alpha value is -1.10. The van der Waals surface area contributed by atoms with Crippen LogP contribution in [0.5, 0.6) is 0 Å². The highest BCUT2D eigenvalue weighted by atomic mass is 16.4. The second-order valence-corrected chi connectivity index (χ2v) is 5.14. The van der Waals surface area contributed by atoms with Gasteiger partial charge in [-0.25, -0.2) is 0 Å². The number of nitrogens with zero attached hydrogens (tertiary/aromatic N) is 1. The van der Waals surface area contributed by atoms with Crippen LogP contribution >= 0.6 is 0 Å². The van der Waals surface area contributed by atoms with Crippen LogP contribution in [0.2, 0.25) is 0 Å². The Morgan fingerprint density at radius 1 is 1.50 bits per heavy atom. The van der Waals surface area contributed by atoms with E-state index in [9.17, 15) is 9.59 Å². The summed E-state index contributed by atoms with van der Waals surface area (Å²) in [5.74, 6) is -0.721. The first kappa shape index (κ1) is 15.0. The minimum absolute atomic E-state index is 0.0152. The smallest absolute Gasteiger partial charge is 0.303 e. The first-order valence-corrected chi connectivity index (χ1v) is 6.80. The van der Waals surface area contributed by atoms with E-state index in [4.69, 9.17) is 10.8 Å². The Labute approximate surface area is 108 Å². The average molecular weight is 256 g/mol. The van der Waals surface area contributed by atoms with E-state index in [1.807, 2.05) is 0 Å². The average Bonchev–Trinajstić information content (AvgIpc) is 2.34. The van der Waals surface area contributed by atoms with Gasteiger partial charge in [0.1, 0.15) is 0 Å². The number of likely N-dealkylation sites (tertiary alicyclic amines) is 1. The molecule has 18 heavy (non-hydrogen) atoms. The lowest BCUT2D eigenvalue weighted by molar-refractivity contribution is -0.141. The lowest BCUT2D eigenvalue weighted by Crippen LogP contribution is -2.48. The van der Waals surface area contributed by atoms with Crippen molar-refractivity contribution in [3.63, 3.8) is 0 Å². The maximum Gasteiger partial charge on any atom is 0.303 e. The minimum Gasteiger partial charge on any atom is -0.481 e. The molecule has 0 spiro atoms. The number of nitrogens with two attached hydrogens (primary N) is 1. The molecule has 5 heteroatoms. The Morgan fingerprint density at radius 3 is 2.83 bits per heavy atom. The van der Waals surface area contributed by atoms with Crippen LogP contribution in [0.3, 0.4) is 0 Å². The van der Waals surface area contributed by atoms with Gasteiger partial charge in [-0.15, -0.1) is 0 Å². The predicted molar refractivity (Wildman–Crippen MR) is 69.1 cm³/mol. The van der Waals surface area contributed by atoms with E-state index >= 15 is 0 Å².